The first-order valence-electron chi connectivity index (χ1n) is 3.39. The van der Waals surface area contributed by atoms with Gasteiger partial charge in [0.15, 0.2) is 17.0 Å². The average molecular weight is 181 g/mol. The number of hydrogen-bond donors (Lipinski definition) is 0. The minimum absolute atomic E-state index is 0.665. The molecule has 0 fully saturated rings. The lowest BCUT2D eigenvalue weighted by Gasteiger charge is -2.09. The summed E-state index contributed by atoms with van der Waals surface area (Å²) < 4.78 is 8.12. The summed E-state index contributed by atoms with van der Waals surface area (Å²) in [5, 5.41) is 0. The summed E-state index contributed by atoms with van der Waals surface area (Å²) in [6.45, 7) is 0. The second kappa shape index (κ2) is 2.63. The Morgan fingerprint density at radius 1 is 1.25 bits per heavy atom. The van der Waals surface area contributed by atoms with Crippen molar-refractivity contribution < 1.29 is 0 Å². The van der Waals surface area contributed by atoms with Crippen LogP contribution in [-0.4, -0.2) is 32.8 Å². The molecule has 0 radical (unpaired) electrons. The van der Waals surface area contributed by atoms with Crippen LogP contribution in [0.2, 0.25) is 0 Å². The predicted octanol–water partition coefficient (Wildman–Crippen LogP) is 0.547. The highest BCUT2D eigenvalue weighted by molar-refractivity contribution is 7.00. The van der Waals surface area contributed by atoms with Gasteiger partial charge in [0.1, 0.15) is 6.33 Å². The fraction of sp³-hybridized carbons (Fsp3) is 0.333. The van der Waals surface area contributed by atoms with Crippen molar-refractivity contribution in [1.82, 2.24) is 18.7 Å². The van der Waals surface area contributed by atoms with E-state index in [1.54, 1.807) is 0 Å². The van der Waals surface area contributed by atoms with Gasteiger partial charge >= 0.3 is 0 Å². The van der Waals surface area contributed by atoms with E-state index in [0.29, 0.717) is 5.65 Å². The SMILES string of the molecule is CN(C)c1ncnc2nsnc12. The van der Waals surface area contributed by atoms with Gasteiger partial charge in [-0.05, 0) is 0 Å². The predicted molar refractivity (Wildman–Crippen MR) is 47.3 cm³/mol. The maximum absolute atomic E-state index is 4.10. The fourth-order valence-corrected chi connectivity index (χ4v) is 1.43. The Labute approximate surface area is 73.4 Å². The van der Waals surface area contributed by atoms with Gasteiger partial charge in [-0.25, -0.2) is 9.97 Å². The smallest absolute Gasteiger partial charge is 0.198 e. The van der Waals surface area contributed by atoms with E-state index in [2.05, 4.69) is 18.7 Å². The molecule has 2 heterocycles. The molecule has 0 N–H and O–H groups in total. The molecular weight excluding hydrogens is 174 g/mol. The molecule has 0 amide bonds. The minimum atomic E-state index is 0.665. The van der Waals surface area contributed by atoms with Gasteiger partial charge < -0.3 is 4.90 Å². The number of nitrogens with zero attached hydrogens (tertiary/aromatic N) is 5. The van der Waals surface area contributed by atoms with Crippen molar-refractivity contribution >= 4 is 28.7 Å². The summed E-state index contributed by atoms with van der Waals surface area (Å²) in [4.78, 5) is 9.98. The molecule has 0 saturated carbocycles. The standard InChI is InChI=1S/C6H7N5S/c1-11(2)6-4-5(7-3-8-6)10-12-9-4/h3H,1-2H3. The lowest BCUT2D eigenvalue weighted by atomic mass is 10.5. The van der Waals surface area contributed by atoms with E-state index in [0.717, 1.165) is 23.1 Å². The fourth-order valence-electron chi connectivity index (χ4n) is 0.936. The molecule has 12 heavy (non-hydrogen) atoms. The van der Waals surface area contributed by atoms with E-state index in [1.807, 2.05) is 19.0 Å². The van der Waals surface area contributed by atoms with Crippen LogP contribution in [0.1, 0.15) is 0 Å². The maximum Gasteiger partial charge on any atom is 0.198 e. The van der Waals surface area contributed by atoms with Crippen LogP contribution >= 0.6 is 11.7 Å². The molecule has 2 aromatic rings. The largest absolute Gasteiger partial charge is 0.361 e. The molecule has 0 aliphatic rings. The molecule has 0 aliphatic carbocycles. The van der Waals surface area contributed by atoms with Gasteiger partial charge in [-0.15, -0.1) is 0 Å². The topological polar surface area (TPSA) is 54.8 Å². The van der Waals surface area contributed by atoms with Gasteiger partial charge in [0.05, 0.1) is 11.7 Å². The molecule has 5 nitrogen and oxygen atoms in total. The highest BCUT2D eigenvalue weighted by atomic mass is 32.1. The lowest BCUT2D eigenvalue weighted by Crippen LogP contribution is -2.11. The number of rotatable bonds is 1. The zero-order valence-electron chi connectivity index (χ0n) is 6.72. The highest BCUT2D eigenvalue weighted by Crippen LogP contribution is 2.17. The summed E-state index contributed by atoms with van der Waals surface area (Å²) in [5.41, 5.74) is 1.44. The molecule has 0 spiro atoms. The molecule has 2 aromatic heterocycles. The normalized spacial score (nSPS) is 10.5. The second-order valence-corrected chi connectivity index (χ2v) is 3.06. The van der Waals surface area contributed by atoms with Crippen LogP contribution in [0.3, 0.4) is 0 Å². The van der Waals surface area contributed by atoms with Crippen molar-refractivity contribution in [2.24, 2.45) is 0 Å². The highest BCUT2D eigenvalue weighted by Gasteiger charge is 2.07. The van der Waals surface area contributed by atoms with Gasteiger partial charge in [0, 0.05) is 14.1 Å². The molecule has 0 saturated heterocycles. The Hall–Kier alpha value is -1.30. The van der Waals surface area contributed by atoms with Crippen molar-refractivity contribution in [3.8, 4) is 0 Å². The summed E-state index contributed by atoms with van der Waals surface area (Å²) in [6, 6.07) is 0. The van der Waals surface area contributed by atoms with Gasteiger partial charge in [-0.2, -0.15) is 8.75 Å². The lowest BCUT2D eigenvalue weighted by molar-refractivity contribution is 1.06. The maximum atomic E-state index is 4.10. The Bertz CT molecular complexity index is 395. The third-order valence-electron chi connectivity index (χ3n) is 1.47. The zero-order chi connectivity index (χ0) is 8.55. The quantitative estimate of drug-likeness (QED) is 0.643. The number of anilines is 1. The molecule has 0 bridgehead atoms. The first kappa shape index (κ1) is 7.35. The van der Waals surface area contributed by atoms with Crippen LogP contribution in [-0.2, 0) is 0 Å². The number of fused-ring (bicyclic) bond motifs is 1. The monoisotopic (exact) mass is 181 g/mol. The third-order valence-corrected chi connectivity index (χ3v) is 1.99. The summed E-state index contributed by atoms with van der Waals surface area (Å²) >= 11 is 1.16. The first-order chi connectivity index (χ1) is 5.79. The number of hydrogen-bond acceptors (Lipinski definition) is 6. The van der Waals surface area contributed by atoms with Crippen molar-refractivity contribution in [2.75, 3.05) is 19.0 Å². The van der Waals surface area contributed by atoms with E-state index in [4.69, 9.17) is 0 Å². The van der Waals surface area contributed by atoms with Crippen molar-refractivity contribution in [3.05, 3.63) is 6.33 Å². The van der Waals surface area contributed by atoms with Crippen LogP contribution in [0, 0.1) is 0 Å². The van der Waals surface area contributed by atoms with Crippen LogP contribution in [0.15, 0.2) is 6.33 Å². The van der Waals surface area contributed by atoms with Gasteiger partial charge in [-0.1, -0.05) is 0 Å². The Morgan fingerprint density at radius 2 is 2.08 bits per heavy atom. The molecule has 0 unspecified atom stereocenters. The summed E-state index contributed by atoms with van der Waals surface area (Å²) in [6.07, 6.45) is 1.50. The average Bonchev–Trinajstić information content (AvgIpc) is 2.49. The summed E-state index contributed by atoms with van der Waals surface area (Å²) in [5.74, 6) is 0.814. The van der Waals surface area contributed by atoms with E-state index in [1.165, 1.54) is 6.33 Å². The van der Waals surface area contributed by atoms with Gasteiger partial charge in [-0.3, -0.25) is 0 Å². The zero-order valence-corrected chi connectivity index (χ0v) is 7.54. The van der Waals surface area contributed by atoms with E-state index >= 15 is 0 Å². The van der Waals surface area contributed by atoms with Crippen LogP contribution in [0.4, 0.5) is 5.82 Å². The molecule has 62 valence electrons. The molecule has 0 aromatic carbocycles. The number of aromatic nitrogens is 4. The first-order valence-corrected chi connectivity index (χ1v) is 4.12. The Balaban J connectivity index is 2.73. The Kier molecular flexibility index (Phi) is 1.61. The third kappa shape index (κ3) is 1.00. The van der Waals surface area contributed by atoms with Crippen LogP contribution in [0.5, 0.6) is 0 Å². The molecular formula is C6H7N5S. The van der Waals surface area contributed by atoms with Crippen molar-refractivity contribution in [1.29, 1.82) is 0 Å². The van der Waals surface area contributed by atoms with Crippen molar-refractivity contribution in [2.45, 2.75) is 0 Å². The van der Waals surface area contributed by atoms with Crippen LogP contribution < -0.4 is 4.90 Å². The van der Waals surface area contributed by atoms with Gasteiger partial charge in [0.25, 0.3) is 0 Å². The Morgan fingerprint density at radius 3 is 2.83 bits per heavy atom. The molecule has 0 aliphatic heterocycles. The minimum Gasteiger partial charge on any atom is -0.361 e. The van der Waals surface area contributed by atoms with Crippen LogP contribution in [0.25, 0.3) is 11.2 Å². The summed E-state index contributed by atoms with van der Waals surface area (Å²) in [7, 11) is 3.84. The van der Waals surface area contributed by atoms with Gasteiger partial charge in [0.2, 0.25) is 0 Å². The van der Waals surface area contributed by atoms with E-state index in [-0.39, 0.29) is 0 Å². The molecule has 6 heteroatoms. The van der Waals surface area contributed by atoms with E-state index in [9.17, 15) is 0 Å². The van der Waals surface area contributed by atoms with Crippen molar-refractivity contribution in [3.63, 3.8) is 0 Å². The second-order valence-electron chi connectivity index (χ2n) is 2.53. The molecule has 2 rings (SSSR count). The van der Waals surface area contributed by atoms with E-state index < -0.39 is 0 Å². The molecule has 0 atom stereocenters.